The number of hydrogen-bond donors (Lipinski definition) is 1. The first-order valence-corrected chi connectivity index (χ1v) is 8.75. The Bertz CT molecular complexity index is 1090. The normalized spacial score (nSPS) is 10.9. The minimum atomic E-state index is -0.0529. The monoisotopic (exact) mass is 357 g/mol. The van der Waals surface area contributed by atoms with Gasteiger partial charge in [-0.1, -0.05) is 30.3 Å². The fraction of sp³-hybridized carbons (Fsp3) is 0.143. The van der Waals surface area contributed by atoms with Crippen LogP contribution in [0.1, 0.15) is 17.0 Å². The molecule has 0 spiro atoms. The first-order valence-electron chi connectivity index (χ1n) is 8.75. The van der Waals surface area contributed by atoms with Gasteiger partial charge in [0.1, 0.15) is 0 Å². The zero-order valence-corrected chi connectivity index (χ0v) is 15.0. The van der Waals surface area contributed by atoms with Crippen LogP contribution in [-0.4, -0.2) is 25.7 Å². The highest BCUT2D eigenvalue weighted by Crippen LogP contribution is 2.18. The summed E-state index contributed by atoms with van der Waals surface area (Å²) in [5.74, 6) is -0.0529. The predicted molar refractivity (Wildman–Crippen MR) is 103 cm³/mol. The first-order chi connectivity index (χ1) is 13.2. The van der Waals surface area contributed by atoms with Crippen molar-refractivity contribution in [1.82, 2.24) is 25.1 Å². The number of aromatic nitrogens is 4. The summed E-state index contributed by atoms with van der Waals surface area (Å²) in [6.07, 6.45) is 5.55. The Morgan fingerprint density at radius 1 is 1.07 bits per heavy atom. The number of amides is 1. The highest BCUT2D eigenvalue weighted by Gasteiger charge is 2.10. The van der Waals surface area contributed by atoms with Crippen LogP contribution in [0.5, 0.6) is 0 Å². The standard InChI is InChI=1S/C21H19N5O/c1-15-9-19(7-8-22-15)26-20-14-23-18(10-17(20)13-25-26)11-21(27)24-12-16-5-3-2-4-6-16/h2-10,13-14H,11-12H2,1H3,(H,24,27). The van der Waals surface area contributed by atoms with Crippen molar-refractivity contribution in [2.45, 2.75) is 19.9 Å². The van der Waals surface area contributed by atoms with E-state index in [0.29, 0.717) is 6.54 Å². The van der Waals surface area contributed by atoms with Crippen LogP contribution >= 0.6 is 0 Å². The molecule has 0 bridgehead atoms. The number of pyridine rings is 2. The number of carbonyl (C=O) groups excluding carboxylic acids is 1. The van der Waals surface area contributed by atoms with Gasteiger partial charge < -0.3 is 5.32 Å². The second kappa shape index (κ2) is 7.37. The number of rotatable bonds is 5. The van der Waals surface area contributed by atoms with Gasteiger partial charge in [0, 0.05) is 23.8 Å². The van der Waals surface area contributed by atoms with Crippen molar-refractivity contribution >= 4 is 16.8 Å². The van der Waals surface area contributed by atoms with Crippen LogP contribution in [0.25, 0.3) is 16.6 Å². The summed E-state index contributed by atoms with van der Waals surface area (Å²) in [7, 11) is 0. The minimum Gasteiger partial charge on any atom is -0.352 e. The van der Waals surface area contributed by atoms with Crippen LogP contribution < -0.4 is 5.32 Å². The summed E-state index contributed by atoms with van der Waals surface area (Å²) in [6.45, 7) is 2.46. The molecule has 1 amide bonds. The lowest BCUT2D eigenvalue weighted by Crippen LogP contribution is -2.24. The van der Waals surface area contributed by atoms with Gasteiger partial charge in [-0.25, -0.2) is 4.68 Å². The van der Waals surface area contributed by atoms with E-state index in [9.17, 15) is 4.79 Å². The second-order valence-electron chi connectivity index (χ2n) is 6.39. The van der Waals surface area contributed by atoms with Gasteiger partial charge in [-0.2, -0.15) is 5.10 Å². The van der Waals surface area contributed by atoms with E-state index < -0.39 is 0 Å². The number of fused-ring (bicyclic) bond motifs is 1. The van der Waals surface area contributed by atoms with E-state index in [1.165, 1.54) is 0 Å². The molecule has 3 heterocycles. The molecule has 6 nitrogen and oxygen atoms in total. The number of hydrogen-bond acceptors (Lipinski definition) is 4. The van der Waals surface area contributed by atoms with Gasteiger partial charge >= 0.3 is 0 Å². The number of carbonyl (C=O) groups is 1. The van der Waals surface area contributed by atoms with Crippen LogP contribution in [-0.2, 0) is 17.8 Å². The molecule has 27 heavy (non-hydrogen) atoms. The van der Waals surface area contributed by atoms with Crippen LogP contribution in [0.3, 0.4) is 0 Å². The summed E-state index contributed by atoms with van der Waals surface area (Å²) >= 11 is 0. The van der Waals surface area contributed by atoms with Crippen molar-refractivity contribution in [3.05, 3.63) is 84.1 Å². The van der Waals surface area contributed by atoms with E-state index in [0.717, 1.165) is 33.5 Å². The maximum absolute atomic E-state index is 12.2. The summed E-state index contributed by atoms with van der Waals surface area (Å²) in [5.41, 5.74) is 4.55. The molecule has 1 N–H and O–H groups in total. The van der Waals surface area contributed by atoms with Gasteiger partial charge in [-0.15, -0.1) is 0 Å². The van der Waals surface area contributed by atoms with Gasteiger partial charge in [0.25, 0.3) is 0 Å². The number of aryl methyl sites for hydroxylation is 1. The zero-order valence-electron chi connectivity index (χ0n) is 15.0. The summed E-state index contributed by atoms with van der Waals surface area (Å²) < 4.78 is 1.83. The Kier molecular flexibility index (Phi) is 4.61. The molecule has 3 aromatic heterocycles. The molecule has 0 aliphatic rings. The average molecular weight is 357 g/mol. The average Bonchev–Trinajstić information content (AvgIpc) is 3.10. The molecule has 0 radical (unpaired) electrons. The molecular weight excluding hydrogens is 338 g/mol. The Morgan fingerprint density at radius 2 is 1.93 bits per heavy atom. The molecule has 0 aliphatic heterocycles. The minimum absolute atomic E-state index is 0.0529. The molecule has 0 fully saturated rings. The molecule has 0 atom stereocenters. The molecular formula is C21H19N5O. The number of benzene rings is 1. The Morgan fingerprint density at radius 3 is 2.74 bits per heavy atom. The molecule has 0 saturated heterocycles. The van der Waals surface area contributed by atoms with E-state index in [1.807, 2.05) is 60.1 Å². The SMILES string of the molecule is Cc1cc(-n2ncc3cc(CC(=O)NCc4ccccc4)ncc32)ccn1. The van der Waals surface area contributed by atoms with E-state index in [2.05, 4.69) is 20.4 Å². The first kappa shape index (κ1) is 16.9. The lowest BCUT2D eigenvalue weighted by atomic mass is 10.2. The van der Waals surface area contributed by atoms with E-state index >= 15 is 0 Å². The topological polar surface area (TPSA) is 72.7 Å². The Balaban J connectivity index is 1.48. The fourth-order valence-electron chi connectivity index (χ4n) is 2.96. The maximum Gasteiger partial charge on any atom is 0.226 e. The van der Waals surface area contributed by atoms with Crippen LogP contribution in [0.2, 0.25) is 0 Å². The summed E-state index contributed by atoms with van der Waals surface area (Å²) in [6, 6.07) is 15.6. The summed E-state index contributed by atoms with van der Waals surface area (Å²) in [5, 5.41) is 8.33. The fourth-order valence-corrected chi connectivity index (χ4v) is 2.96. The molecule has 1 aromatic carbocycles. The molecule has 6 heteroatoms. The van der Waals surface area contributed by atoms with Crippen molar-refractivity contribution in [3.63, 3.8) is 0 Å². The highest BCUT2D eigenvalue weighted by molar-refractivity contribution is 5.82. The highest BCUT2D eigenvalue weighted by atomic mass is 16.1. The van der Waals surface area contributed by atoms with Crippen LogP contribution in [0, 0.1) is 6.92 Å². The predicted octanol–water partition coefficient (Wildman–Crippen LogP) is 2.98. The zero-order chi connectivity index (χ0) is 18.6. The number of nitrogens with one attached hydrogen (secondary N) is 1. The Labute approximate surface area is 156 Å². The van der Waals surface area contributed by atoms with E-state index in [-0.39, 0.29) is 12.3 Å². The van der Waals surface area contributed by atoms with Gasteiger partial charge in [-0.05, 0) is 30.7 Å². The van der Waals surface area contributed by atoms with Crippen LogP contribution in [0.15, 0.2) is 67.1 Å². The Hall–Kier alpha value is -3.54. The molecule has 4 rings (SSSR count). The van der Waals surface area contributed by atoms with Crippen molar-refractivity contribution in [3.8, 4) is 5.69 Å². The second-order valence-corrected chi connectivity index (χ2v) is 6.39. The molecule has 134 valence electrons. The van der Waals surface area contributed by atoms with E-state index in [1.54, 1.807) is 18.6 Å². The van der Waals surface area contributed by atoms with Gasteiger partial charge in [-0.3, -0.25) is 14.8 Å². The van der Waals surface area contributed by atoms with Crippen molar-refractivity contribution in [2.75, 3.05) is 0 Å². The van der Waals surface area contributed by atoms with Crippen molar-refractivity contribution in [1.29, 1.82) is 0 Å². The number of nitrogens with zero attached hydrogens (tertiary/aromatic N) is 4. The smallest absolute Gasteiger partial charge is 0.226 e. The van der Waals surface area contributed by atoms with Crippen molar-refractivity contribution in [2.24, 2.45) is 0 Å². The third-order valence-electron chi connectivity index (χ3n) is 4.31. The molecule has 0 aliphatic carbocycles. The van der Waals surface area contributed by atoms with Crippen molar-refractivity contribution < 1.29 is 4.79 Å². The summed E-state index contributed by atoms with van der Waals surface area (Å²) in [4.78, 5) is 20.9. The maximum atomic E-state index is 12.2. The molecule has 0 saturated carbocycles. The lowest BCUT2D eigenvalue weighted by Gasteiger charge is -2.06. The lowest BCUT2D eigenvalue weighted by molar-refractivity contribution is -0.120. The third-order valence-corrected chi connectivity index (χ3v) is 4.31. The third kappa shape index (κ3) is 3.84. The largest absolute Gasteiger partial charge is 0.352 e. The van der Waals surface area contributed by atoms with Gasteiger partial charge in [0.2, 0.25) is 5.91 Å². The van der Waals surface area contributed by atoms with Gasteiger partial charge in [0.05, 0.1) is 35.7 Å². The molecule has 4 aromatic rings. The van der Waals surface area contributed by atoms with Crippen LogP contribution in [0.4, 0.5) is 0 Å². The molecule has 0 unspecified atom stereocenters. The quantitative estimate of drug-likeness (QED) is 0.596. The van der Waals surface area contributed by atoms with Gasteiger partial charge in [0.15, 0.2) is 0 Å². The van der Waals surface area contributed by atoms with E-state index in [4.69, 9.17) is 0 Å².